The van der Waals surface area contributed by atoms with E-state index in [-0.39, 0.29) is 5.97 Å². The van der Waals surface area contributed by atoms with Gasteiger partial charge in [-0.15, -0.1) is 0 Å². The molecule has 0 aliphatic heterocycles. The summed E-state index contributed by atoms with van der Waals surface area (Å²) in [7, 11) is 1.42. The molecule has 3 heteroatoms. The van der Waals surface area contributed by atoms with Gasteiger partial charge < -0.3 is 4.74 Å². The van der Waals surface area contributed by atoms with Crippen LogP contribution in [0.2, 0.25) is 0 Å². The second-order valence-electron chi connectivity index (χ2n) is 6.02. The number of hydrogen-bond acceptors (Lipinski definition) is 3. The minimum Gasteiger partial charge on any atom is -0.469 e. The zero-order chi connectivity index (χ0) is 17.6. The number of pyridine rings is 1. The fraction of sp³-hybridized carbons (Fsp3) is 0.182. The van der Waals surface area contributed by atoms with Crippen LogP contribution in [0, 0.1) is 6.92 Å². The summed E-state index contributed by atoms with van der Waals surface area (Å²) < 4.78 is 4.68. The van der Waals surface area contributed by atoms with Crippen molar-refractivity contribution < 1.29 is 9.53 Å². The highest BCUT2D eigenvalue weighted by Crippen LogP contribution is 2.26. The van der Waals surface area contributed by atoms with Crippen molar-refractivity contribution in [3.63, 3.8) is 0 Å². The Morgan fingerprint density at radius 2 is 1.76 bits per heavy atom. The van der Waals surface area contributed by atoms with E-state index in [9.17, 15) is 4.79 Å². The summed E-state index contributed by atoms with van der Waals surface area (Å²) in [6.07, 6.45) is 2.95. The monoisotopic (exact) mass is 331 g/mol. The van der Waals surface area contributed by atoms with Crippen molar-refractivity contribution in [3.8, 4) is 22.4 Å². The predicted molar refractivity (Wildman–Crippen MR) is 100 cm³/mol. The summed E-state index contributed by atoms with van der Waals surface area (Å²) in [4.78, 5) is 15.8. The number of ether oxygens (including phenoxy) is 1. The van der Waals surface area contributed by atoms with E-state index in [2.05, 4.69) is 59.1 Å². The summed E-state index contributed by atoms with van der Waals surface area (Å²) in [5.41, 5.74) is 6.74. The fourth-order valence-corrected chi connectivity index (χ4v) is 2.83. The van der Waals surface area contributed by atoms with E-state index in [0.29, 0.717) is 12.8 Å². The maximum absolute atomic E-state index is 11.2. The van der Waals surface area contributed by atoms with Crippen LogP contribution < -0.4 is 0 Å². The van der Waals surface area contributed by atoms with Gasteiger partial charge in [-0.2, -0.15) is 0 Å². The van der Waals surface area contributed by atoms with Crippen molar-refractivity contribution in [2.24, 2.45) is 0 Å². The van der Waals surface area contributed by atoms with Crippen LogP contribution in [0.25, 0.3) is 22.4 Å². The minimum absolute atomic E-state index is 0.180. The third-order valence-corrected chi connectivity index (χ3v) is 4.31. The maximum Gasteiger partial charge on any atom is 0.305 e. The molecule has 3 rings (SSSR count). The summed E-state index contributed by atoms with van der Waals surface area (Å²) in [6.45, 7) is 2.10. The van der Waals surface area contributed by atoms with Crippen LogP contribution in [-0.2, 0) is 16.0 Å². The molecule has 25 heavy (non-hydrogen) atoms. The Hall–Kier alpha value is -2.94. The number of hydrogen-bond donors (Lipinski definition) is 0. The first kappa shape index (κ1) is 16.9. The quantitative estimate of drug-likeness (QED) is 0.629. The van der Waals surface area contributed by atoms with Crippen LogP contribution in [-0.4, -0.2) is 18.1 Å². The Morgan fingerprint density at radius 3 is 2.48 bits per heavy atom. The second kappa shape index (κ2) is 7.75. The third-order valence-electron chi connectivity index (χ3n) is 4.31. The van der Waals surface area contributed by atoms with Gasteiger partial charge in [-0.3, -0.25) is 9.78 Å². The highest BCUT2D eigenvalue weighted by atomic mass is 16.5. The topological polar surface area (TPSA) is 39.2 Å². The van der Waals surface area contributed by atoms with Gasteiger partial charge in [0.2, 0.25) is 0 Å². The lowest BCUT2D eigenvalue weighted by atomic mass is 9.99. The molecule has 0 fully saturated rings. The summed E-state index contributed by atoms with van der Waals surface area (Å²) >= 11 is 0. The van der Waals surface area contributed by atoms with E-state index in [1.807, 2.05) is 24.4 Å². The van der Waals surface area contributed by atoms with Gasteiger partial charge in [0.05, 0.1) is 12.8 Å². The third kappa shape index (κ3) is 4.13. The summed E-state index contributed by atoms with van der Waals surface area (Å²) in [5, 5.41) is 0. The average molecular weight is 331 g/mol. The number of aryl methyl sites for hydroxylation is 2. The van der Waals surface area contributed by atoms with E-state index in [4.69, 9.17) is 0 Å². The molecular formula is C22H21NO2. The molecule has 3 nitrogen and oxygen atoms in total. The lowest BCUT2D eigenvalue weighted by Gasteiger charge is -2.08. The maximum atomic E-state index is 11.2. The molecule has 0 amide bonds. The molecule has 0 unspecified atom stereocenters. The molecule has 3 aromatic rings. The number of carbonyl (C=O) groups is 1. The Bertz CT molecular complexity index is 869. The summed E-state index contributed by atoms with van der Waals surface area (Å²) in [5.74, 6) is -0.180. The largest absolute Gasteiger partial charge is 0.469 e. The molecule has 0 radical (unpaired) electrons. The van der Waals surface area contributed by atoms with Crippen LogP contribution in [0.3, 0.4) is 0 Å². The molecule has 0 atom stereocenters. The van der Waals surface area contributed by atoms with Gasteiger partial charge in [0.15, 0.2) is 0 Å². The molecule has 1 aromatic heterocycles. The number of aromatic nitrogens is 1. The second-order valence-corrected chi connectivity index (χ2v) is 6.02. The van der Waals surface area contributed by atoms with Crippen molar-refractivity contribution in [1.82, 2.24) is 4.98 Å². The number of benzene rings is 2. The molecule has 2 aromatic carbocycles. The van der Waals surface area contributed by atoms with Crippen molar-refractivity contribution in [2.45, 2.75) is 19.8 Å². The van der Waals surface area contributed by atoms with Crippen LogP contribution in [0.5, 0.6) is 0 Å². The van der Waals surface area contributed by atoms with Gasteiger partial charge in [-0.25, -0.2) is 0 Å². The zero-order valence-corrected chi connectivity index (χ0v) is 14.5. The molecule has 0 bridgehead atoms. The first-order valence-corrected chi connectivity index (χ1v) is 8.35. The van der Waals surface area contributed by atoms with E-state index in [1.54, 1.807) is 0 Å². The Kier molecular flexibility index (Phi) is 5.24. The lowest BCUT2D eigenvalue weighted by molar-refractivity contribution is -0.140. The van der Waals surface area contributed by atoms with E-state index in [1.165, 1.54) is 12.7 Å². The number of nitrogens with zero attached hydrogens (tertiary/aromatic N) is 1. The van der Waals surface area contributed by atoms with Gasteiger partial charge in [0.25, 0.3) is 0 Å². The normalized spacial score (nSPS) is 10.5. The molecule has 0 aliphatic carbocycles. The number of methoxy groups -OCH3 is 1. The highest BCUT2D eigenvalue weighted by Gasteiger charge is 2.06. The van der Waals surface area contributed by atoms with E-state index >= 15 is 0 Å². The molecule has 0 saturated carbocycles. The van der Waals surface area contributed by atoms with Crippen molar-refractivity contribution in [3.05, 3.63) is 78.0 Å². The number of rotatable bonds is 5. The zero-order valence-electron chi connectivity index (χ0n) is 14.5. The van der Waals surface area contributed by atoms with Gasteiger partial charge in [0.1, 0.15) is 0 Å². The minimum atomic E-state index is -0.180. The van der Waals surface area contributed by atoms with Gasteiger partial charge in [-0.05, 0) is 47.7 Å². The van der Waals surface area contributed by atoms with E-state index in [0.717, 1.165) is 27.9 Å². The van der Waals surface area contributed by atoms with Gasteiger partial charge >= 0.3 is 5.97 Å². The predicted octanol–water partition coefficient (Wildman–Crippen LogP) is 4.83. The smallest absolute Gasteiger partial charge is 0.305 e. The molecular weight excluding hydrogens is 310 g/mol. The van der Waals surface area contributed by atoms with Crippen LogP contribution in [0.1, 0.15) is 17.5 Å². The van der Waals surface area contributed by atoms with Crippen molar-refractivity contribution in [2.75, 3.05) is 7.11 Å². The Morgan fingerprint density at radius 1 is 1.00 bits per heavy atom. The molecule has 1 heterocycles. The van der Waals surface area contributed by atoms with Crippen molar-refractivity contribution in [1.29, 1.82) is 0 Å². The molecule has 0 N–H and O–H groups in total. The number of esters is 1. The summed E-state index contributed by atoms with van der Waals surface area (Å²) in [6, 6.07) is 20.7. The first-order chi connectivity index (χ1) is 12.2. The standard InChI is InChI=1S/C22H21NO2/c1-16-5-3-4-6-20(16)21-15-19(13-14-23-21)18-10-7-17(8-11-18)9-12-22(24)25-2/h3-8,10-11,13-15H,9,12H2,1-2H3. The molecule has 0 aliphatic rings. The van der Waals surface area contributed by atoms with Gasteiger partial charge in [-0.1, -0.05) is 48.5 Å². The molecule has 0 saturated heterocycles. The van der Waals surface area contributed by atoms with Crippen molar-refractivity contribution >= 4 is 5.97 Å². The van der Waals surface area contributed by atoms with Crippen LogP contribution >= 0.6 is 0 Å². The average Bonchev–Trinajstić information content (AvgIpc) is 2.67. The molecule has 126 valence electrons. The molecule has 0 spiro atoms. The first-order valence-electron chi connectivity index (χ1n) is 8.35. The highest BCUT2D eigenvalue weighted by molar-refractivity contribution is 5.72. The number of carbonyl (C=O) groups excluding carboxylic acids is 1. The SMILES string of the molecule is COC(=O)CCc1ccc(-c2ccnc(-c3ccccc3C)c2)cc1. The van der Waals surface area contributed by atoms with Crippen LogP contribution in [0.4, 0.5) is 0 Å². The Labute approximate surface area is 148 Å². The fourth-order valence-electron chi connectivity index (χ4n) is 2.83. The lowest BCUT2D eigenvalue weighted by Crippen LogP contribution is -2.01. The van der Waals surface area contributed by atoms with Gasteiger partial charge in [0, 0.05) is 18.2 Å². The van der Waals surface area contributed by atoms with Crippen LogP contribution in [0.15, 0.2) is 66.9 Å². The Balaban J connectivity index is 1.82. The van der Waals surface area contributed by atoms with E-state index < -0.39 is 0 Å².